The lowest BCUT2D eigenvalue weighted by Gasteiger charge is -2.33. The molecule has 0 aliphatic carbocycles. The Bertz CT molecular complexity index is 849. The number of nitrogens with zero attached hydrogens (tertiary/aromatic N) is 3. The van der Waals surface area contributed by atoms with E-state index in [1.807, 2.05) is 6.07 Å². The lowest BCUT2D eigenvalue weighted by atomic mass is 10.1. The van der Waals surface area contributed by atoms with Crippen LogP contribution in [0.3, 0.4) is 0 Å². The summed E-state index contributed by atoms with van der Waals surface area (Å²) in [5, 5.41) is 21.0. The van der Waals surface area contributed by atoms with E-state index in [0.717, 1.165) is 5.56 Å². The number of benzene rings is 1. The maximum absolute atomic E-state index is 12.5. The summed E-state index contributed by atoms with van der Waals surface area (Å²) in [4.78, 5) is 29.8. The van der Waals surface area contributed by atoms with Crippen molar-refractivity contribution in [2.24, 2.45) is 0 Å². The van der Waals surface area contributed by atoms with E-state index < -0.39 is 11.6 Å². The van der Waals surface area contributed by atoms with Gasteiger partial charge in [0.25, 0.3) is 5.91 Å². The largest absolute Gasteiger partial charge is 0.465 e. The fourth-order valence-corrected chi connectivity index (χ4v) is 3.21. The van der Waals surface area contributed by atoms with Gasteiger partial charge in [-0.1, -0.05) is 12.1 Å². The summed E-state index contributed by atoms with van der Waals surface area (Å²) in [6.07, 6.45) is -1.03. The molecule has 0 aliphatic rings. The molecule has 1 heterocycles. The molecule has 2 aromatic rings. The number of thiazole rings is 1. The standard InChI is InChI=1S/C18H20N4O3S/c1-18(2,3)22(17(24)25)8-7-20-16(23)14-15(26-11-21-14)13-6-4-5-12(9-13)10-19/h4-6,9,11H,7-8H2,1-3H3,(H,20,23)(H,24,25). The van der Waals surface area contributed by atoms with Gasteiger partial charge in [-0.2, -0.15) is 5.26 Å². The summed E-state index contributed by atoms with van der Waals surface area (Å²) in [5.74, 6) is -0.372. The molecular weight excluding hydrogens is 352 g/mol. The van der Waals surface area contributed by atoms with E-state index in [1.54, 1.807) is 44.5 Å². The summed E-state index contributed by atoms with van der Waals surface area (Å²) in [6.45, 7) is 5.74. The molecule has 1 aromatic heterocycles. The molecule has 136 valence electrons. The Morgan fingerprint density at radius 3 is 2.73 bits per heavy atom. The number of nitrogens with one attached hydrogen (secondary N) is 1. The van der Waals surface area contributed by atoms with Gasteiger partial charge in [0.05, 0.1) is 22.0 Å². The van der Waals surface area contributed by atoms with Crippen LogP contribution in [0.15, 0.2) is 29.8 Å². The zero-order valence-corrected chi connectivity index (χ0v) is 15.6. The van der Waals surface area contributed by atoms with Crippen LogP contribution < -0.4 is 5.32 Å². The van der Waals surface area contributed by atoms with Crippen LogP contribution in [0.5, 0.6) is 0 Å². The minimum Gasteiger partial charge on any atom is -0.465 e. The number of nitriles is 1. The maximum Gasteiger partial charge on any atom is 0.407 e. The average molecular weight is 372 g/mol. The molecule has 0 bridgehead atoms. The van der Waals surface area contributed by atoms with Gasteiger partial charge in [0.2, 0.25) is 0 Å². The van der Waals surface area contributed by atoms with Crippen LogP contribution in [0.1, 0.15) is 36.8 Å². The number of aromatic nitrogens is 1. The minimum atomic E-state index is -1.03. The Morgan fingerprint density at radius 1 is 1.38 bits per heavy atom. The smallest absolute Gasteiger partial charge is 0.407 e. The van der Waals surface area contributed by atoms with Gasteiger partial charge in [-0.05, 0) is 38.5 Å². The van der Waals surface area contributed by atoms with Gasteiger partial charge >= 0.3 is 6.09 Å². The molecular formula is C18H20N4O3S. The van der Waals surface area contributed by atoms with Crippen LogP contribution >= 0.6 is 11.3 Å². The van der Waals surface area contributed by atoms with Gasteiger partial charge in [-0.25, -0.2) is 9.78 Å². The summed E-state index contributed by atoms with van der Waals surface area (Å²) in [6, 6.07) is 9.04. The summed E-state index contributed by atoms with van der Waals surface area (Å²) in [5.41, 5.74) is 2.54. The van der Waals surface area contributed by atoms with E-state index in [9.17, 15) is 14.7 Å². The fraction of sp³-hybridized carbons (Fsp3) is 0.333. The highest BCUT2D eigenvalue weighted by Crippen LogP contribution is 2.28. The highest BCUT2D eigenvalue weighted by atomic mass is 32.1. The van der Waals surface area contributed by atoms with Crippen molar-refractivity contribution in [1.82, 2.24) is 15.2 Å². The van der Waals surface area contributed by atoms with Gasteiger partial charge in [-0.3, -0.25) is 4.79 Å². The molecule has 8 heteroatoms. The molecule has 7 nitrogen and oxygen atoms in total. The van der Waals surface area contributed by atoms with Gasteiger partial charge in [0.15, 0.2) is 0 Å². The van der Waals surface area contributed by atoms with Crippen molar-refractivity contribution >= 4 is 23.3 Å². The Kier molecular flexibility index (Phi) is 5.95. The molecule has 0 radical (unpaired) electrons. The van der Waals surface area contributed by atoms with Crippen LogP contribution in [0, 0.1) is 11.3 Å². The van der Waals surface area contributed by atoms with Crippen molar-refractivity contribution < 1.29 is 14.7 Å². The average Bonchev–Trinajstić information content (AvgIpc) is 3.07. The summed E-state index contributed by atoms with van der Waals surface area (Å²) < 4.78 is 0. The van der Waals surface area contributed by atoms with Crippen molar-refractivity contribution in [2.75, 3.05) is 13.1 Å². The Balaban J connectivity index is 2.09. The molecule has 0 aliphatic heterocycles. The van der Waals surface area contributed by atoms with Crippen molar-refractivity contribution in [3.05, 3.63) is 41.0 Å². The van der Waals surface area contributed by atoms with Crippen molar-refractivity contribution in [1.29, 1.82) is 5.26 Å². The van der Waals surface area contributed by atoms with Crippen LogP contribution in [-0.2, 0) is 0 Å². The third-order valence-electron chi connectivity index (χ3n) is 3.70. The van der Waals surface area contributed by atoms with E-state index in [0.29, 0.717) is 10.4 Å². The molecule has 2 amide bonds. The molecule has 0 saturated heterocycles. The first kappa shape index (κ1) is 19.4. The maximum atomic E-state index is 12.5. The number of rotatable bonds is 5. The fourth-order valence-electron chi connectivity index (χ4n) is 2.43. The van der Waals surface area contributed by atoms with Gasteiger partial charge in [0.1, 0.15) is 5.69 Å². The molecule has 0 atom stereocenters. The zero-order chi connectivity index (χ0) is 19.3. The predicted octanol–water partition coefficient (Wildman–Crippen LogP) is 3.19. The third-order valence-corrected chi connectivity index (χ3v) is 4.57. The van der Waals surface area contributed by atoms with E-state index in [2.05, 4.69) is 16.4 Å². The topological polar surface area (TPSA) is 106 Å². The first-order valence-electron chi connectivity index (χ1n) is 7.97. The quantitative estimate of drug-likeness (QED) is 0.838. The van der Waals surface area contributed by atoms with Crippen LogP contribution in [0.2, 0.25) is 0 Å². The molecule has 2 rings (SSSR count). The van der Waals surface area contributed by atoms with Crippen molar-refractivity contribution in [3.8, 4) is 16.5 Å². The molecule has 1 aromatic carbocycles. The summed E-state index contributed by atoms with van der Waals surface area (Å²) >= 11 is 1.31. The highest BCUT2D eigenvalue weighted by Gasteiger charge is 2.26. The lowest BCUT2D eigenvalue weighted by Crippen LogP contribution is -2.48. The second-order valence-electron chi connectivity index (χ2n) is 6.58. The van der Waals surface area contributed by atoms with Gasteiger partial charge in [0, 0.05) is 18.6 Å². The van der Waals surface area contributed by atoms with Crippen molar-refractivity contribution in [3.63, 3.8) is 0 Å². The molecule has 0 spiro atoms. The lowest BCUT2D eigenvalue weighted by molar-refractivity contribution is 0.0889. The third kappa shape index (κ3) is 4.58. The SMILES string of the molecule is CC(C)(C)N(CCNC(=O)c1ncsc1-c1cccc(C#N)c1)C(=O)O. The van der Waals surface area contributed by atoms with E-state index >= 15 is 0 Å². The minimum absolute atomic E-state index is 0.175. The number of carbonyl (C=O) groups excluding carboxylic acids is 1. The van der Waals surface area contributed by atoms with Crippen LogP contribution in [0.4, 0.5) is 4.79 Å². The number of carboxylic acid groups (broad SMARTS) is 1. The van der Waals surface area contributed by atoms with E-state index in [1.165, 1.54) is 16.2 Å². The van der Waals surface area contributed by atoms with Gasteiger partial charge in [-0.15, -0.1) is 11.3 Å². The first-order valence-corrected chi connectivity index (χ1v) is 8.85. The van der Waals surface area contributed by atoms with Crippen LogP contribution in [0.25, 0.3) is 10.4 Å². The molecule has 26 heavy (non-hydrogen) atoms. The monoisotopic (exact) mass is 372 g/mol. The second-order valence-corrected chi connectivity index (χ2v) is 7.44. The Morgan fingerprint density at radius 2 is 2.12 bits per heavy atom. The first-order chi connectivity index (χ1) is 12.2. The van der Waals surface area contributed by atoms with Gasteiger partial charge < -0.3 is 15.3 Å². The Hall–Kier alpha value is -2.92. The predicted molar refractivity (Wildman–Crippen MR) is 99.1 cm³/mol. The summed E-state index contributed by atoms with van der Waals surface area (Å²) in [7, 11) is 0. The normalized spacial score (nSPS) is 10.8. The number of hydrogen-bond donors (Lipinski definition) is 2. The number of carbonyl (C=O) groups is 2. The highest BCUT2D eigenvalue weighted by molar-refractivity contribution is 7.13. The van der Waals surface area contributed by atoms with E-state index in [4.69, 9.17) is 5.26 Å². The molecule has 2 N–H and O–H groups in total. The second kappa shape index (κ2) is 7.97. The number of hydrogen-bond acceptors (Lipinski definition) is 5. The molecule has 0 saturated carbocycles. The van der Waals surface area contributed by atoms with Crippen molar-refractivity contribution in [2.45, 2.75) is 26.3 Å². The zero-order valence-electron chi connectivity index (χ0n) is 14.8. The number of amides is 2. The molecule has 0 fully saturated rings. The van der Waals surface area contributed by atoms with E-state index in [-0.39, 0.29) is 24.7 Å². The Labute approximate surface area is 155 Å². The van der Waals surface area contributed by atoms with Crippen LogP contribution in [-0.4, -0.2) is 45.6 Å². The molecule has 0 unspecified atom stereocenters.